The Morgan fingerprint density at radius 1 is 1.27 bits per heavy atom. The number of likely N-dealkylation sites (N-methyl/N-ethyl adjacent to an activating group) is 1. The maximum absolute atomic E-state index is 5.38. The second kappa shape index (κ2) is 6.31. The molecule has 0 spiro atoms. The van der Waals surface area contributed by atoms with Crippen LogP contribution in [0.25, 0.3) is 11.5 Å². The number of methoxy groups -OCH3 is 1. The van der Waals surface area contributed by atoms with Gasteiger partial charge >= 0.3 is 0 Å². The minimum atomic E-state index is 0.471. The Morgan fingerprint density at radius 3 is 2.73 bits per heavy atom. The summed E-state index contributed by atoms with van der Waals surface area (Å²) in [5.74, 6) is 1.83. The molecule has 0 aliphatic carbocycles. The Hall–Kier alpha value is -2.15. The molecule has 1 aliphatic rings. The third-order valence-corrected chi connectivity index (χ3v) is 4.02. The van der Waals surface area contributed by atoms with E-state index in [0.717, 1.165) is 44.0 Å². The molecule has 0 atom stereocenters. The Bertz CT molecular complexity index is 635. The van der Waals surface area contributed by atoms with Gasteiger partial charge in [0.1, 0.15) is 5.75 Å². The van der Waals surface area contributed by atoms with Crippen molar-refractivity contribution in [3.8, 4) is 17.2 Å². The molecule has 0 saturated carbocycles. The van der Waals surface area contributed by atoms with Crippen molar-refractivity contribution < 1.29 is 9.26 Å². The molecule has 0 aromatic carbocycles. The Labute approximate surface area is 129 Å². The van der Waals surface area contributed by atoms with E-state index in [0.29, 0.717) is 17.6 Å². The van der Waals surface area contributed by atoms with Gasteiger partial charge < -0.3 is 19.1 Å². The fraction of sp³-hybridized carbons (Fsp3) is 0.533. The monoisotopic (exact) mass is 303 g/mol. The van der Waals surface area contributed by atoms with Gasteiger partial charge in [0.15, 0.2) is 0 Å². The fourth-order valence-corrected chi connectivity index (χ4v) is 2.56. The average Bonchev–Trinajstić information content (AvgIpc) is 3.05. The van der Waals surface area contributed by atoms with E-state index in [1.54, 1.807) is 13.3 Å². The second-order valence-electron chi connectivity index (χ2n) is 5.33. The minimum absolute atomic E-state index is 0.471. The highest BCUT2D eigenvalue weighted by molar-refractivity contribution is 5.56. The predicted octanol–water partition coefficient (Wildman–Crippen LogP) is 1.59. The molecule has 3 heterocycles. The van der Waals surface area contributed by atoms with Crippen LogP contribution in [0.3, 0.4) is 0 Å². The number of nitrogens with zero attached hydrogens (tertiary/aromatic N) is 5. The largest absolute Gasteiger partial charge is 0.495 e. The Balaban J connectivity index is 1.76. The lowest BCUT2D eigenvalue weighted by atomic mass is 10.2. The zero-order chi connectivity index (χ0) is 15.5. The molecule has 1 aliphatic heterocycles. The molecule has 1 fully saturated rings. The molecule has 118 valence electrons. The molecule has 2 aromatic heterocycles. The summed E-state index contributed by atoms with van der Waals surface area (Å²) in [7, 11) is 1.63. The van der Waals surface area contributed by atoms with Gasteiger partial charge in [0.25, 0.3) is 11.8 Å². The van der Waals surface area contributed by atoms with Crippen LogP contribution in [-0.4, -0.2) is 59.9 Å². The number of hydrogen-bond acceptors (Lipinski definition) is 7. The first kappa shape index (κ1) is 14.8. The van der Waals surface area contributed by atoms with Crippen LogP contribution >= 0.6 is 0 Å². The topological polar surface area (TPSA) is 67.5 Å². The van der Waals surface area contributed by atoms with Crippen molar-refractivity contribution in [3.63, 3.8) is 0 Å². The summed E-state index contributed by atoms with van der Waals surface area (Å²) < 4.78 is 10.7. The Kier molecular flexibility index (Phi) is 4.24. The van der Waals surface area contributed by atoms with Crippen molar-refractivity contribution in [1.82, 2.24) is 20.0 Å². The molecule has 0 bridgehead atoms. The highest BCUT2D eigenvalue weighted by Gasteiger charge is 2.21. The van der Waals surface area contributed by atoms with Gasteiger partial charge in [-0.2, -0.15) is 4.98 Å². The number of aryl methyl sites for hydroxylation is 1. The maximum Gasteiger partial charge on any atom is 0.266 e. The van der Waals surface area contributed by atoms with Crippen LogP contribution in [0.2, 0.25) is 0 Å². The molecule has 7 heteroatoms. The van der Waals surface area contributed by atoms with Crippen molar-refractivity contribution in [2.75, 3.05) is 44.7 Å². The van der Waals surface area contributed by atoms with Crippen molar-refractivity contribution >= 4 is 5.95 Å². The molecular formula is C15H21N5O2. The summed E-state index contributed by atoms with van der Waals surface area (Å²) in [6.07, 6.45) is 1.73. The van der Waals surface area contributed by atoms with Crippen LogP contribution in [0.15, 0.2) is 16.8 Å². The average molecular weight is 303 g/mol. The van der Waals surface area contributed by atoms with Crippen molar-refractivity contribution in [3.05, 3.63) is 18.0 Å². The lowest BCUT2D eigenvalue weighted by molar-refractivity contribution is 0.269. The van der Waals surface area contributed by atoms with Crippen LogP contribution in [0.5, 0.6) is 5.75 Å². The van der Waals surface area contributed by atoms with E-state index in [1.165, 1.54) is 0 Å². The summed E-state index contributed by atoms with van der Waals surface area (Å²) in [6, 6.07) is 1.87. The molecule has 0 N–H and O–H groups in total. The van der Waals surface area contributed by atoms with Gasteiger partial charge in [-0.15, -0.1) is 0 Å². The van der Waals surface area contributed by atoms with Crippen molar-refractivity contribution in [1.29, 1.82) is 0 Å². The van der Waals surface area contributed by atoms with E-state index in [-0.39, 0.29) is 0 Å². The molecular weight excluding hydrogens is 282 g/mol. The molecule has 0 unspecified atom stereocenters. The number of ether oxygens (including phenoxy) is 1. The first-order chi connectivity index (χ1) is 10.7. The van der Waals surface area contributed by atoms with E-state index in [2.05, 4.69) is 31.8 Å². The summed E-state index contributed by atoms with van der Waals surface area (Å²) >= 11 is 0. The van der Waals surface area contributed by atoms with Gasteiger partial charge in [-0.3, -0.25) is 4.98 Å². The first-order valence-electron chi connectivity index (χ1n) is 7.53. The molecule has 0 amide bonds. The highest BCUT2D eigenvalue weighted by atomic mass is 16.5. The lowest BCUT2D eigenvalue weighted by Gasteiger charge is -2.32. The first-order valence-corrected chi connectivity index (χ1v) is 7.53. The zero-order valence-electron chi connectivity index (χ0n) is 13.2. The molecule has 22 heavy (non-hydrogen) atoms. The molecule has 0 radical (unpaired) electrons. The van der Waals surface area contributed by atoms with Gasteiger partial charge in [-0.25, -0.2) is 0 Å². The van der Waals surface area contributed by atoms with E-state index >= 15 is 0 Å². The molecule has 2 aromatic rings. The molecule has 3 rings (SSSR count). The van der Waals surface area contributed by atoms with Gasteiger partial charge in [-0.1, -0.05) is 6.92 Å². The zero-order valence-corrected chi connectivity index (χ0v) is 13.2. The van der Waals surface area contributed by atoms with Gasteiger partial charge in [0.2, 0.25) is 0 Å². The van der Waals surface area contributed by atoms with E-state index in [1.807, 2.05) is 13.0 Å². The van der Waals surface area contributed by atoms with Crippen LogP contribution in [0.1, 0.15) is 12.6 Å². The molecule has 7 nitrogen and oxygen atoms in total. The van der Waals surface area contributed by atoms with Crippen LogP contribution in [0.4, 0.5) is 5.95 Å². The third kappa shape index (κ3) is 2.89. The van der Waals surface area contributed by atoms with E-state index < -0.39 is 0 Å². The van der Waals surface area contributed by atoms with Crippen LogP contribution < -0.4 is 9.64 Å². The summed E-state index contributed by atoms with van der Waals surface area (Å²) in [5.41, 5.74) is 1.61. The number of piperazine rings is 1. The number of rotatable bonds is 4. The summed E-state index contributed by atoms with van der Waals surface area (Å²) in [5, 5.41) is 4.10. The van der Waals surface area contributed by atoms with Crippen LogP contribution in [-0.2, 0) is 0 Å². The number of hydrogen-bond donors (Lipinski definition) is 0. The third-order valence-electron chi connectivity index (χ3n) is 4.02. The van der Waals surface area contributed by atoms with Gasteiger partial charge in [-0.05, 0) is 24.7 Å². The van der Waals surface area contributed by atoms with Crippen molar-refractivity contribution in [2.45, 2.75) is 13.8 Å². The smallest absolute Gasteiger partial charge is 0.266 e. The van der Waals surface area contributed by atoms with Gasteiger partial charge in [0, 0.05) is 32.4 Å². The predicted molar refractivity (Wildman–Crippen MR) is 83.1 cm³/mol. The van der Waals surface area contributed by atoms with Crippen LogP contribution in [0, 0.1) is 6.92 Å². The van der Waals surface area contributed by atoms with E-state index in [4.69, 9.17) is 9.26 Å². The van der Waals surface area contributed by atoms with E-state index in [9.17, 15) is 0 Å². The van der Waals surface area contributed by atoms with Gasteiger partial charge in [0.05, 0.1) is 18.4 Å². The lowest BCUT2D eigenvalue weighted by Crippen LogP contribution is -2.46. The quantitative estimate of drug-likeness (QED) is 0.849. The normalized spacial score (nSPS) is 16.0. The maximum atomic E-state index is 5.38. The minimum Gasteiger partial charge on any atom is -0.495 e. The standard InChI is InChI=1S/C15H21N5O2/c1-4-19-5-7-20(8-6-19)15-17-14(22-18-15)12-9-13(21-3)11(2)16-10-12/h9-10H,4-8H2,1-3H3. The SMILES string of the molecule is CCN1CCN(c2noc(-c3cnc(C)c(OC)c3)n2)CC1. The summed E-state index contributed by atoms with van der Waals surface area (Å²) in [4.78, 5) is 13.3. The number of anilines is 1. The number of pyridine rings is 1. The van der Waals surface area contributed by atoms with Crippen molar-refractivity contribution in [2.24, 2.45) is 0 Å². The summed E-state index contributed by atoms with van der Waals surface area (Å²) in [6.45, 7) is 9.06. The highest BCUT2D eigenvalue weighted by Crippen LogP contribution is 2.25. The fourth-order valence-electron chi connectivity index (χ4n) is 2.56. The molecule has 1 saturated heterocycles. The Morgan fingerprint density at radius 2 is 2.05 bits per heavy atom. The second-order valence-corrected chi connectivity index (χ2v) is 5.33. The number of aromatic nitrogens is 3.